The van der Waals surface area contributed by atoms with Crippen LogP contribution in [0.3, 0.4) is 0 Å². The number of carboxylic acids is 1. The summed E-state index contributed by atoms with van der Waals surface area (Å²) in [6.45, 7) is 3.21. The van der Waals surface area contributed by atoms with Crippen LogP contribution < -0.4 is 21.7 Å². The number of nitrogens with two attached hydrogens (primary N) is 1. The van der Waals surface area contributed by atoms with Crippen molar-refractivity contribution in [3.05, 3.63) is 0 Å². The molecular weight excluding hydrogens is 428 g/mol. The third-order valence-electron chi connectivity index (χ3n) is 6.03. The third kappa shape index (κ3) is 8.40. The van der Waals surface area contributed by atoms with E-state index in [1.165, 1.54) is 0 Å². The van der Waals surface area contributed by atoms with Gasteiger partial charge in [0.15, 0.2) is 0 Å². The molecule has 0 aromatic rings. The van der Waals surface area contributed by atoms with Crippen LogP contribution in [0.5, 0.6) is 0 Å². The van der Waals surface area contributed by atoms with E-state index in [1.807, 2.05) is 13.8 Å². The molecule has 10 heteroatoms. The van der Waals surface area contributed by atoms with Crippen molar-refractivity contribution in [2.24, 2.45) is 29.4 Å². The lowest BCUT2D eigenvalue weighted by atomic mass is 10.0. The summed E-state index contributed by atoms with van der Waals surface area (Å²) in [6.07, 6.45) is 3.40. The van der Waals surface area contributed by atoms with Gasteiger partial charge in [0.2, 0.25) is 23.6 Å². The van der Waals surface area contributed by atoms with Gasteiger partial charge in [0, 0.05) is 25.2 Å². The summed E-state index contributed by atoms with van der Waals surface area (Å²) in [5.41, 5.74) is 5.16. The molecule has 182 valence electrons. The Morgan fingerprint density at radius 1 is 0.970 bits per heavy atom. The van der Waals surface area contributed by atoms with E-state index in [0.29, 0.717) is 6.42 Å². The van der Waals surface area contributed by atoms with Crippen molar-refractivity contribution in [1.29, 1.82) is 0 Å². The van der Waals surface area contributed by atoms with Crippen molar-refractivity contribution in [3.8, 4) is 11.8 Å². The van der Waals surface area contributed by atoms with Crippen LogP contribution in [0.1, 0.15) is 58.8 Å². The van der Waals surface area contributed by atoms with Gasteiger partial charge in [-0.2, -0.15) is 0 Å². The molecule has 0 aromatic heterocycles. The molecule has 0 bridgehead atoms. The molecule has 0 radical (unpaired) electrons. The Bertz CT molecular complexity index is 813. The van der Waals surface area contributed by atoms with Gasteiger partial charge in [0.25, 0.3) is 0 Å². The molecule has 0 aliphatic heterocycles. The number of primary amides is 1. The van der Waals surface area contributed by atoms with E-state index in [9.17, 15) is 24.0 Å². The largest absolute Gasteiger partial charge is 0.480 e. The monoisotopic (exact) mass is 462 g/mol. The Balaban J connectivity index is 2.03. The highest BCUT2D eigenvalue weighted by molar-refractivity contribution is 5.94. The minimum atomic E-state index is -1.24. The highest BCUT2D eigenvalue weighted by Gasteiger charge is 2.53. The molecular formula is C23H34N4O6. The fourth-order valence-electron chi connectivity index (χ4n) is 4.36. The number of carboxylic acid groups (broad SMARTS) is 1. The van der Waals surface area contributed by atoms with E-state index in [1.54, 1.807) is 0 Å². The molecule has 33 heavy (non-hydrogen) atoms. The van der Waals surface area contributed by atoms with Crippen LogP contribution in [0.4, 0.5) is 0 Å². The van der Waals surface area contributed by atoms with Gasteiger partial charge < -0.3 is 26.8 Å². The van der Waals surface area contributed by atoms with Crippen LogP contribution in [0.15, 0.2) is 0 Å². The molecule has 1 saturated carbocycles. The number of nitrogens with one attached hydrogen (secondary N) is 3. The maximum Gasteiger partial charge on any atom is 0.322 e. The Morgan fingerprint density at radius 2 is 1.58 bits per heavy atom. The zero-order valence-electron chi connectivity index (χ0n) is 19.2. The standard InChI is InChI=1S/C23H34N4O6/c1-13(2)11-17(27-23(33)20-14-7-5-3-4-6-8-15(14)20)22(32)26-16(9-10-18(24)28)21(31)25-12-19(29)30/h13-17,20H,5-12H2,1-2H3,(H2,24,28)(H,25,31)(H,26,32)(H,27,33)(H,29,30)/t14-,15+,16-,17-,20?/m0/s1. The molecule has 10 nitrogen and oxygen atoms in total. The fourth-order valence-corrected chi connectivity index (χ4v) is 4.36. The van der Waals surface area contributed by atoms with E-state index in [-0.39, 0.29) is 42.4 Å². The summed E-state index contributed by atoms with van der Waals surface area (Å²) in [5, 5.41) is 16.4. The minimum Gasteiger partial charge on any atom is -0.480 e. The number of aliphatic carboxylic acids is 1. The Morgan fingerprint density at radius 3 is 2.09 bits per heavy atom. The van der Waals surface area contributed by atoms with Crippen molar-refractivity contribution in [2.45, 2.75) is 70.9 Å². The first-order valence-corrected chi connectivity index (χ1v) is 11.4. The van der Waals surface area contributed by atoms with Gasteiger partial charge >= 0.3 is 5.97 Å². The van der Waals surface area contributed by atoms with Crippen molar-refractivity contribution in [2.75, 3.05) is 6.54 Å². The van der Waals surface area contributed by atoms with E-state index in [0.717, 1.165) is 25.7 Å². The Kier molecular flexibility index (Phi) is 9.70. The van der Waals surface area contributed by atoms with E-state index in [2.05, 4.69) is 27.8 Å². The maximum atomic E-state index is 13.0. The highest BCUT2D eigenvalue weighted by atomic mass is 16.4. The molecule has 0 saturated heterocycles. The topological polar surface area (TPSA) is 168 Å². The van der Waals surface area contributed by atoms with E-state index in [4.69, 9.17) is 10.8 Å². The number of fused-ring (bicyclic) bond motifs is 1. The van der Waals surface area contributed by atoms with Crippen molar-refractivity contribution in [1.82, 2.24) is 16.0 Å². The first kappa shape index (κ1) is 26.2. The van der Waals surface area contributed by atoms with Gasteiger partial charge in [-0.1, -0.05) is 13.8 Å². The molecule has 0 spiro atoms. The molecule has 1 unspecified atom stereocenters. The number of amides is 4. The molecule has 4 amide bonds. The van der Waals surface area contributed by atoms with Gasteiger partial charge in [0.1, 0.15) is 18.6 Å². The van der Waals surface area contributed by atoms with E-state index >= 15 is 0 Å². The Hall–Kier alpha value is -3.09. The first-order valence-electron chi connectivity index (χ1n) is 11.4. The summed E-state index contributed by atoms with van der Waals surface area (Å²) in [5.74, 6) is 3.38. The predicted molar refractivity (Wildman–Crippen MR) is 119 cm³/mol. The molecule has 0 heterocycles. The second kappa shape index (κ2) is 12.2. The maximum absolute atomic E-state index is 13.0. The summed E-state index contributed by atoms with van der Waals surface area (Å²) in [4.78, 5) is 60.3. The van der Waals surface area contributed by atoms with Crippen molar-refractivity contribution < 1.29 is 29.1 Å². The lowest BCUT2D eigenvalue weighted by Crippen LogP contribution is -2.54. The third-order valence-corrected chi connectivity index (χ3v) is 6.03. The van der Waals surface area contributed by atoms with Gasteiger partial charge in [-0.05, 0) is 43.4 Å². The SMILES string of the molecule is CC(C)C[C@H](NC(=O)C1[C@H]2CCC#CCC[C@@H]12)C(=O)N[C@@H](CCC(N)=O)C(=O)NCC(=O)O. The summed E-state index contributed by atoms with van der Waals surface area (Å²) >= 11 is 0. The van der Waals surface area contributed by atoms with Crippen LogP contribution in [-0.2, 0) is 24.0 Å². The summed E-state index contributed by atoms with van der Waals surface area (Å²) in [7, 11) is 0. The second-order valence-corrected chi connectivity index (χ2v) is 9.15. The number of carbonyl (C=O) groups excluding carboxylic acids is 4. The number of carbonyl (C=O) groups is 5. The molecule has 6 N–H and O–H groups in total. The molecule has 2 aliphatic carbocycles. The smallest absolute Gasteiger partial charge is 0.322 e. The Labute approximate surface area is 193 Å². The molecule has 2 rings (SSSR count). The van der Waals surface area contributed by atoms with Gasteiger partial charge in [0.05, 0.1) is 0 Å². The zero-order chi connectivity index (χ0) is 24.5. The molecule has 5 atom stereocenters. The van der Waals surface area contributed by atoms with Gasteiger partial charge in [-0.15, -0.1) is 11.8 Å². The van der Waals surface area contributed by atoms with Crippen LogP contribution in [0.2, 0.25) is 0 Å². The van der Waals surface area contributed by atoms with Crippen LogP contribution in [-0.4, -0.2) is 53.3 Å². The average Bonchev–Trinajstić information content (AvgIpc) is 3.38. The zero-order valence-corrected chi connectivity index (χ0v) is 19.2. The van der Waals surface area contributed by atoms with Crippen molar-refractivity contribution >= 4 is 29.6 Å². The molecule has 0 aromatic carbocycles. The predicted octanol–water partition coefficient (Wildman–Crippen LogP) is -0.0920. The fraction of sp³-hybridized carbons (Fsp3) is 0.696. The van der Waals surface area contributed by atoms with Gasteiger partial charge in [-0.3, -0.25) is 24.0 Å². The summed E-state index contributed by atoms with van der Waals surface area (Å²) in [6, 6.07) is -2.01. The van der Waals surface area contributed by atoms with Gasteiger partial charge in [-0.25, -0.2) is 0 Å². The highest BCUT2D eigenvalue weighted by Crippen LogP contribution is 2.52. The van der Waals surface area contributed by atoms with Crippen molar-refractivity contribution in [3.63, 3.8) is 0 Å². The number of hydrogen-bond donors (Lipinski definition) is 5. The van der Waals surface area contributed by atoms with Crippen LogP contribution >= 0.6 is 0 Å². The van der Waals surface area contributed by atoms with Crippen LogP contribution in [0.25, 0.3) is 0 Å². The summed E-state index contributed by atoms with van der Waals surface area (Å²) < 4.78 is 0. The lowest BCUT2D eigenvalue weighted by molar-refractivity contribution is -0.138. The second-order valence-electron chi connectivity index (χ2n) is 9.15. The lowest BCUT2D eigenvalue weighted by Gasteiger charge is -2.24. The number of rotatable bonds is 12. The van der Waals surface area contributed by atoms with E-state index < -0.39 is 42.3 Å². The molecule has 2 aliphatic rings. The average molecular weight is 463 g/mol. The van der Waals surface area contributed by atoms with Crippen LogP contribution in [0, 0.1) is 35.5 Å². The quantitative estimate of drug-likeness (QED) is 0.254. The minimum absolute atomic E-state index is 0.0817. The number of hydrogen-bond acceptors (Lipinski definition) is 5. The molecule has 1 fully saturated rings. The first-order chi connectivity index (χ1) is 15.6. The normalized spacial score (nSPS) is 22.8.